The van der Waals surface area contributed by atoms with E-state index in [1.807, 2.05) is 0 Å². The normalized spacial score (nSPS) is 15.0. The summed E-state index contributed by atoms with van der Waals surface area (Å²) in [6, 6.07) is 9.76. The smallest absolute Gasteiger partial charge is 0.310 e. The molecule has 0 unspecified atom stereocenters. The molecule has 2 aromatic rings. The maximum atomic E-state index is 12.1. The highest BCUT2D eigenvalue weighted by molar-refractivity contribution is 6.02. The van der Waals surface area contributed by atoms with Gasteiger partial charge < -0.3 is 20.2 Å². The molecule has 0 bridgehead atoms. The maximum Gasteiger partial charge on any atom is 0.310 e. The molecule has 1 heterocycles. The third-order valence-corrected chi connectivity index (χ3v) is 4.43. The number of hydrogen-bond acceptors (Lipinski definition) is 4. The average molecular weight is 342 g/mol. The lowest BCUT2D eigenvalue weighted by atomic mass is 9.66. The monoisotopic (exact) mass is 342 g/mol. The number of nitrogens with one attached hydrogen (secondary N) is 2. The molecule has 1 aliphatic rings. The highest BCUT2D eigenvalue weighted by Crippen LogP contribution is 2.44. The van der Waals surface area contributed by atoms with Gasteiger partial charge in [0.2, 0.25) is 5.91 Å². The summed E-state index contributed by atoms with van der Waals surface area (Å²) in [5.74, 6) is -1.40. The predicted octanol–water partition coefficient (Wildman–Crippen LogP) is 3.12. The first-order chi connectivity index (χ1) is 12.0. The van der Waals surface area contributed by atoms with Gasteiger partial charge in [-0.25, -0.2) is 0 Å². The van der Waals surface area contributed by atoms with Crippen LogP contribution in [0.2, 0.25) is 0 Å². The number of carbonyl (C=O) groups excluding carboxylic acids is 2. The van der Waals surface area contributed by atoms with Crippen molar-refractivity contribution in [2.75, 3.05) is 10.6 Å². The van der Waals surface area contributed by atoms with Crippen molar-refractivity contribution in [2.45, 2.75) is 25.7 Å². The SMILES string of the molecule is O=C(CC1(C(=O)O)CCC1)Nc1ccc(NC(=O)c2ccco2)cc1. The first kappa shape index (κ1) is 16.8. The number of aliphatic carboxylic acids is 1. The number of carboxylic acid groups (broad SMARTS) is 1. The first-order valence-corrected chi connectivity index (χ1v) is 7.97. The van der Waals surface area contributed by atoms with Crippen LogP contribution in [0.5, 0.6) is 0 Å². The lowest BCUT2D eigenvalue weighted by molar-refractivity contribution is -0.157. The number of amides is 2. The van der Waals surface area contributed by atoms with Crippen molar-refractivity contribution in [1.29, 1.82) is 0 Å². The third-order valence-electron chi connectivity index (χ3n) is 4.43. The molecule has 7 nitrogen and oxygen atoms in total. The molecular formula is C18H18N2O5. The average Bonchev–Trinajstić information content (AvgIpc) is 3.07. The minimum Gasteiger partial charge on any atom is -0.481 e. The van der Waals surface area contributed by atoms with Gasteiger partial charge in [0.15, 0.2) is 5.76 Å². The summed E-state index contributed by atoms with van der Waals surface area (Å²) in [6.07, 6.45) is 3.30. The third kappa shape index (κ3) is 3.71. The van der Waals surface area contributed by atoms with E-state index in [4.69, 9.17) is 4.42 Å². The Kier molecular flexibility index (Phi) is 4.56. The Bertz CT molecular complexity index is 776. The van der Waals surface area contributed by atoms with Crippen molar-refractivity contribution in [2.24, 2.45) is 5.41 Å². The van der Waals surface area contributed by atoms with Gasteiger partial charge in [0.25, 0.3) is 5.91 Å². The van der Waals surface area contributed by atoms with E-state index in [1.165, 1.54) is 6.26 Å². The minimum absolute atomic E-state index is 0.0285. The minimum atomic E-state index is -0.916. The molecule has 3 N–H and O–H groups in total. The van der Waals surface area contributed by atoms with Crippen molar-refractivity contribution < 1.29 is 23.9 Å². The van der Waals surface area contributed by atoms with E-state index in [0.717, 1.165) is 6.42 Å². The van der Waals surface area contributed by atoms with Crippen molar-refractivity contribution in [1.82, 2.24) is 0 Å². The molecule has 3 rings (SSSR count). The molecule has 1 aromatic carbocycles. The Morgan fingerprint density at radius 1 is 1.04 bits per heavy atom. The maximum absolute atomic E-state index is 12.1. The van der Waals surface area contributed by atoms with Crippen LogP contribution in [-0.4, -0.2) is 22.9 Å². The van der Waals surface area contributed by atoms with Gasteiger partial charge in [0.1, 0.15) is 0 Å². The van der Waals surface area contributed by atoms with E-state index in [-0.39, 0.29) is 24.0 Å². The van der Waals surface area contributed by atoms with E-state index >= 15 is 0 Å². The molecule has 0 radical (unpaired) electrons. The molecule has 1 fully saturated rings. The highest BCUT2D eigenvalue weighted by atomic mass is 16.4. The predicted molar refractivity (Wildman–Crippen MR) is 90.3 cm³/mol. The van der Waals surface area contributed by atoms with Crippen LogP contribution in [0.15, 0.2) is 47.1 Å². The van der Waals surface area contributed by atoms with E-state index in [0.29, 0.717) is 24.2 Å². The standard InChI is InChI=1S/C18H18N2O5/c21-15(11-18(17(23)24)8-2-9-18)19-12-4-6-13(7-5-12)20-16(22)14-3-1-10-25-14/h1,3-7,10H,2,8-9,11H2,(H,19,21)(H,20,22)(H,23,24). The fourth-order valence-electron chi connectivity index (χ4n) is 2.82. The summed E-state index contributed by atoms with van der Waals surface area (Å²) >= 11 is 0. The van der Waals surface area contributed by atoms with Crippen molar-refractivity contribution >= 4 is 29.2 Å². The molecule has 0 aliphatic heterocycles. The molecule has 1 saturated carbocycles. The summed E-state index contributed by atoms with van der Waals surface area (Å²) in [5.41, 5.74) is 0.183. The van der Waals surface area contributed by atoms with Gasteiger partial charge in [-0.3, -0.25) is 14.4 Å². The van der Waals surface area contributed by atoms with Crippen LogP contribution in [0.1, 0.15) is 36.2 Å². The number of carboxylic acids is 1. The Morgan fingerprint density at radius 2 is 1.68 bits per heavy atom. The van der Waals surface area contributed by atoms with Crippen LogP contribution in [0.3, 0.4) is 0 Å². The van der Waals surface area contributed by atoms with Gasteiger partial charge in [0.05, 0.1) is 11.7 Å². The van der Waals surface area contributed by atoms with Gasteiger partial charge in [-0.05, 0) is 49.2 Å². The fraction of sp³-hybridized carbons (Fsp3) is 0.278. The highest BCUT2D eigenvalue weighted by Gasteiger charge is 2.45. The molecule has 0 spiro atoms. The fourth-order valence-corrected chi connectivity index (χ4v) is 2.82. The van der Waals surface area contributed by atoms with E-state index < -0.39 is 11.4 Å². The Hall–Kier alpha value is -3.09. The second-order valence-corrected chi connectivity index (χ2v) is 6.17. The summed E-state index contributed by atoms with van der Waals surface area (Å²) in [4.78, 5) is 35.3. The molecule has 1 aliphatic carbocycles. The molecule has 0 saturated heterocycles. The van der Waals surface area contributed by atoms with Gasteiger partial charge in [0, 0.05) is 17.8 Å². The van der Waals surface area contributed by atoms with Crippen molar-refractivity contribution in [3.8, 4) is 0 Å². The quantitative estimate of drug-likeness (QED) is 0.747. The number of benzene rings is 1. The largest absolute Gasteiger partial charge is 0.481 e. The summed E-state index contributed by atoms with van der Waals surface area (Å²) in [6.45, 7) is 0. The molecular weight excluding hydrogens is 324 g/mol. The van der Waals surface area contributed by atoms with Crippen molar-refractivity contribution in [3.05, 3.63) is 48.4 Å². The van der Waals surface area contributed by atoms with Crippen LogP contribution >= 0.6 is 0 Å². The van der Waals surface area contributed by atoms with Crippen LogP contribution in [-0.2, 0) is 9.59 Å². The van der Waals surface area contributed by atoms with E-state index in [1.54, 1.807) is 36.4 Å². The Balaban J connectivity index is 1.56. The van der Waals surface area contributed by atoms with Gasteiger partial charge in [-0.2, -0.15) is 0 Å². The van der Waals surface area contributed by atoms with Crippen LogP contribution in [0.4, 0.5) is 11.4 Å². The lowest BCUT2D eigenvalue weighted by Crippen LogP contribution is -2.41. The topological polar surface area (TPSA) is 109 Å². The number of carbonyl (C=O) groups is 3. The molecule has 7 heteroatoms. The molecule has 25 heavy (non-hydrogen) atoms. The lowest BCUT2D eigenvalue weighted by Gasteiger charge is -2.36. The molecule has 130 valence electrons. The molecule has 0 atom stereocenters. The summed E-state index contributed by atoms with van der Waals surface area (Å²) in [7, 11) is 0. The summed E-state index contributed by atoms with van der Waals surface area (Å²) in [5, 5.41) is 14.6. The van der Waals surface area contributed by atoms with Crippen LogP contribution in [0, 0.1) is 5.41 Å². The zero-order valence-corrected chi connectivity index (χ0v) is 13.5. The number of rotatable bonds is 6. The van der Waals surface area contributed by atoms with Gasteiger partial charge in [-0.15, -0.1) is 0 Å². The zero-order chi connectivity index (χ0) is 17.9. The number of anilines is 2. The van der Waals surface area contributed by atoms with E-state index in [9.17, 15) is 19.5 Å². The van der Waals surface area contributed by atoms with E-state index in [2.05, 4.69) is 10.6 Å². The number of hydrogen-bond donors (Lipinski definition) is 3. The van der Waals surface area contributed by atoms with Crippen LogP contribution < -0.4 is 10.6 Å². The van der Waals surface area contributed by atoms with Crippen LogP contribution in [0.25, 0.3) is 0 Å². The second-order valence-electron chi connectivity index (χ2n) is 6.17. The molecule has 2 amide bonds. The summed E-state index contributed by atoms with van der Waals surface area (Å²) < 4.78 is 5.01. The first-order valence-electron chi connectivity index (χ1n) is 7.97. The Morgan fingerprint density at radius 3 is 2.16 bits per heavy atom. The molecule has 1 aromatic heterocycles. The van der Waals surface area contributed by atoms with Gasteiger partial charge >= 0.3 is 5.97 Å². The number of furan rings is 1. The van der Waals surface area contributed by atoms with Gasteiger partial charge in [-0.1, -0.05) is 6.42 Å². The Labute approximate surface area is 144 Å². The second kappa shape index (κ2) is 6.80. The van der Waals surface area contributed by atoms with Crippen molar-refractivity contribution in [3.63, 3.8) is 0 Å². The zero-order valence-electron chi connectivity index (χ0n) is 13.5.